The van der Waals surface area contributed by atoms with Crippen LogP contribution in [0.3, 0.4) is 0 Å². The van der Waals surface area contributed by atoms with Gasteiger partial charge in [0, 0.05) is 30.0 Å². The number of amides is 1. The fourth-order valence-corrected chi connectivity index (χ4v) is 4.92. The Hall–Kier alpha value is -3.94. The SMILES string of the molecule is COC1CCC(Oc2ccc3cc(NC(=O)c4cccc(-c5ccccc5)c4)c(=O)oc3c2C)OC1(C)C. The predicted octanol–water partition coefficient (Wildman–Crippen LogP) is 6.33. The van der Waals surface area contributed by atoms with E-state index in [-0.39, 0.29) is 11.8 Å². The minimum Gasteiger partial charge on any atom is -0.465 e. The first-order valence-electron chi connectivity index (χ1n) is 12.7. The number of benzene rings is 3. The van der Waals surface area contributed by atoms with Crippen molar-refractivity contribution < 1.29 is 23.4 Å². The topological polar surface area (TPSA) is 87.0 Å². The van der Waals surface area contributed by atoms with Crippen LogP contribution in [0.15, 0.2) is 82.0 Å². The normalized spacial score (nSPS) is 18.7. The summed E-state index contributed by atoms with van der Waals surface area (Å²) in [6.45, 7) is 5.80. The average Bonchev–Trinajstić information content (AvgIpc) is 2.91. The highest BCUT2D eigenvalue weighted by molar-refractivity contribution is 6.05. The van der Waals surface area contributed by atoms with Crippen molar-refractivity contribution in [2.24, 2.45) is 0 Å². The number of anilines is 1. The zero-order valence-electron chi connectivity index (χ0n) is 21.9. The summed E-state index contributed by atoms with van der Waals surface area (Å²) in [6, 6.07) is 22.3. The maximum Gasteiger partial charge on any atom is 0.360 e. The van der Waals surface area contributed by atoms with E-state index in [0.29, 0.717) is 34.3 Å². The van der Waals surface area contributed by atoms with E-state index in [1.165, 1.54) is 0 Å². The molecule has 4 aromatic rings. The van der Waals surface area contributed by atoms with Gasteiger partial charge in [-0.2, -0.15) is 0 Å². The van der Waals surface area contributed by atoms with Crippen LogP contribution in [-0.2, 0) is 9.47 Å². The van der Waals surface area contributed by atoms with E-state index in [9.17, 15) is 9.59 Å². The molecule has 1 aliphatic heterocycles. The van der Waals surface area contributed by atoms with Gasteiger partial charge in [0.05, 0.1) is 11.7 Å². The predicted molar refractivity (Wildman–Crippen MR) is 147 cm³/mol. The van der Waals surface area contributed by atoms with Crippen molar-refractivity contribution in [2.45, 2.75) is 51.6 Å². The molecule has 1 fully saturated rings. The summed E-state index contributed by atoms with van der Waals surface area (Å²) >= 11 is 0. The molecule has 0 saturated carbocycles. The van der Waals surface area contributed by atoms with E-state index >= 15 is 0 Å². The van der Waals surface area contributed by atoms with E-state index in [1.54, 1.807) is 31.4 Å². The second-order valence-corrected chi connectivity index (χ2v) is 10.0. The number of carbonyl (C=O) groups is 1. The van der Waals surface area contributed by atoms with Crippen LogP contribution in [0, 0.1) is 6.92 Å². The van der Waals surface area contributed by atoms with Gasteiger partial charge in [-0.1, -0.05) is 42.5 Å². The van der Waals surface area contributed by atoms with E-state index in [2.05, 4.69) is 5.32 Å². The quantitative estimate of drug-likeness (QED) is 0.303. The van der Waals surface area contributed by atoms with Gasteiger partial charge in [0.15, 0.2) is 0 Å². The Labute approximate surface area is 221 Å². The Balaban J connectivity index is 1.35. The maximum atomic E-state index is 13.0. The number of methoxy groups -OCH3 is 1. The van der Waals surface area contributed by atoms with E-state index in [1.807, 2.05) is 69.3 Å². The van der Waals surface area contributed by atoms with Gasteiger partial charge in [0.25, 0.3) is 5.91 Å². The largest absolute Gasteiger partial charge is 0.465 e. The molecular weight excluding hydrogens is 482 g/mol. The molecule has 38 heavy (non-hydrogen) atoms. The zero-order valence-corrected chi connectivity index (χ0v) is 21.9. The van der Waals surface area contributed by atoms with Gasteiger partial charge < -0.3 is 23.9 Å². The third kappa shape index (κ3) is 5.21. The Morgan fingerprint density at radius 2 is 1.74 bits per heavy atom. The smallest absolute Gasteiger partial charge is 0.360 e. The molecule has 2 unspecified atom stereocenters. The molecule has 0 bridgehead atoms. The van der Waals surface area contributed by atoms with Crippen LogP contribution < -0.4 is 15.7 Å². The molecular formula is C31H31NO6. The highest BCUT2D eigenvalue weighted by atomic mass is 16.7. The Bertz CT molecular complexity index is 1520. The number of ether oxygens (including phenoxy) is 3. The summed E-state index contributed by atoms with van der Waals surface area (Å²) in [7, 11) is 1.69. The number of aryl methyl sites for hydroxylation is 1. The van der Waals surface area contributed by atoms with Gasteiger partial charge >= 0.3 is 5.63 Å². The van der Waals surface area contributed by atoms with Gasteiger partial charge in [-0.05, 0) is 68.7 Å². The lowest BCUT2D eigenvalue weighted by Crippen LogP contribution is -2.49. The van der Waals surface area contributed by atoms with Crippen molar-refractivity contribution in [3.63, 3.8) is 0 Å². The van der Waals surface area contributed by atoms with Crippen LogP contribution in [0.4, 0.5) is 5.69 Å². The molecule has 0 aliphatic carbocycles. The molecule has 0 radical (unpaired) electrons. The standard InChI is InChI=1S/C31H31NO6/c1-19-25(36-27-16-15-26(35-4)31(2,3)38-27)14-13-22-18-24(30(34)37-28(19)22)32-29(33)23-12-8-11-21(17-23)20-9-6-5-7-10-20/h5-14,17-18,26-27H,15-16H2,1-4H3,(H,32,33). The molecule has 1 aliphatic rings. The lowest BCUT2D eigenvalue weighted by molar-refractivity contribution is -0.233. The lowest BCUT2D eigenvalue weighted by Gasteiger charge is -2.41. The number of rotatable bonds is 6. The van der Waals surface area contributed by atoms with Crippen molar-refractivity contribution >= 4 is 22.6 Å². The maximum absolute atomic E-state index is 13.0. The first kappa shape index (κ1) is 25.7. The van der Waals surface area contributed by atoms with Crippen LogP contribution in [0.5, 0.6) is 5.75 Å². The van der Waals surface area contributed by atoms with Crippen LogP contribution in [0.1, 0.15) is 42.6 Å². The number of fused-ring (bicyclic) bond motifs is 1. The van der Waals surface area contributed by atoms with Crippen molar-refractivity contribution in [1.29, 1.82) is 0 Å². The third-order valence-corrected chi connectivity index (χ3v) is 7.00. The molecule has 7 heteroatoms. The van der Waals surface area contributed by atoms with Crippen molar-refractivity contribution in [1.82, 2.24) is 0 Å². The van der Waals surface area contributed by atoms with Crippen LogP contribution in [0.25, 0.3) is 22.1 Å². The van der Waals surface area contributed by atoms with Gasteiger partial charge in [0.1, 0.15) is 17.0 Å². The average molecular weight is 514 g/mol. The zero-order chi connectivity index (χ0) is 26.9. The fourth-order valence-electron chi connectivity index (χ4n) is 4.92. The number of hydrogen-bond acceptors (Lipinski definition) is 6. The minimum atomic E-state index is -0.636. The van der Waals surface area contributed by atoms with Gasteiger partial charge in [-0.3, -0.25) is 4.79 Å². The fraction of sp³-hybridized carbons (Fsp3) is 0.290. The van der Waals surface area contributed by atoms with E-state index in [0.717, 1.165) is 17.5 Å². The van der Waals surface area contributed by atoms with Gasteiger partial charge in [-0.25, -0.2) is 4.79 Å². The van der Waals surface area contributed by atoms with Gasteiger partial charge in [-0.15, -0.1) is 0 Å². The summed E-state index contributed by atoms with van der Waals surface area (Å²) in [4.78, 5) is 25.8. The number of nitrogens with one attached hydrogen (secondary N) is 1. The molecule has 1 N–H and O–H groups in total. The Morgan fingerprint density at radius 3 is 2.47 bits per heavy atom. The Kier molecular flexibility index (Phi) is 7.06. The van der Waals surface area contributed by atoms with Gasteiger partial charge in [0.2, 0.25) is 6.29 Å². The van der Waals surface area contributed by atoms with Crippen LogP contribution in [0.2, 0.25) is 0 Å². The Morgan fingerprint density at radius 1 is 0.974 bits per heavy atom. The molecule has 196 valence electrons. The molecule has 3 aromatic carbocycles. The van der Waals surface area contributed by atoms with Crippen molar-refractivity contribution in [2.75, 3.05) is 12.4 Å². The van der Waals surface area contributed by atoms with E-state index in [4.69, 9.17) is 18.6 Å². The molecule has 5 rings (SSSR count). The van der Waals surface area contributed by atoms with Crippen molar-refractivity contribution in [3.8, 4) is 16.9 Å². The van der Waals surface area contributed by atoms with Crippen LogP contribution >= 0.6 is 0 Å². The molecule has 2 heterocycles. The summed E-state index contributed by atoms with van der Waals surface area (Å²) in [5, 5.41) is 3.38. The monoisotopic (exact) mass is 513 g/mol. The lowest BCUT2D eigenvalue weighted by atomic mass is 9.94. The second kappa shape index (κ2) is 10.4. The summed E-state index contributed by atoms with van der Waals surface area (Å²) < 4.78 is 23.5. The van der Waals surface area contributed by atoms with Crippen molar-refractivity contribution in [3.05, 3.63) is 94.3 Å². The first-order valence-corrected chi connectivity index (χ1v) is 12.7. The summed E-state index contributed by atoms with van der Waals surface area (Å²) in [5.41, 5.74) is 2.40. The third-order valence-electron chi connectivity index (χ3n) is 7.00. The minimum absolute atomic E-state index is 0.00693. The number of carbonyl (C=O) groups excluding carboxylic acids is 1. The number of hydrogen-bond donors (Lipinski definition) is 1. The highest BCUT2D eigenvalue weighted by Gasteiger charge is 2.39. The highest BCUT2D eigenvalue weighted by Crippen LogP contribution is 2.34. The molecule has 1 saturated heterocycles. The molecule has 1 amide bonds. The van der Waals surface area contributed by atoms with Crippen LogP contribution in [-0.4, -0.2) is 31.0 Å². The summed E-state index contributed by atoms with van der Waals surface area (Å²) in [6.07, 6.45) is 1.05. The molecule has 2 atom stereocenters. The summed E-state index contributed by atoms with van der Waals surface area (Å²) in [5.74, 6) is 0.185. The second-order valence-electron chi connectivity index (χ2n) is 10.0. The van der Waals surface area contributed by atoms with E-state index < -0.39 is 23.4 Å². The molecule has 0 spiro atoms. The molecule has 1 aromatic heterocycles. The molecule has 7 nitrogen and oxygen atoms in total. The first-order chi connectivity index (χ1) is 18.2.